The first-order valence-electron chi connectivity index (χ1n) is 8.78. The van der Waals surface area contributed by atoms with Crippen LogP contribution in [-0.2, 0) is 17.3 Å². The summed E-state index contributed by atoms with van der Waals surface area (Å²) in [7, 11) is 1.86. The summed E-state index contributed by atoms with van der Waals surface area (Å²) in [6.45, 7) is 10.3. The van der Waals surface area contributed by atoms with Gasteiger partial charge in [0.1, 0.15) is 0 Å². The second-order valence-electron chi connectivity index (χ2n) is 7.83. The van der Waals surface area contributed by atoms with E-state index in [0.717, 1.165) is 11.4 Å². The summed E-state index contributed by atoms with van der Waals surface area (Å²) in [4.78, 5) is 23.2. The third-order valence-electron chi connectivity index (χ3n) is 4.19. The number of benzene rings is 1. The molecule has 8 heteroatoms. The Morgan fingerprint density at radius 2 is 1.74 bits per heavy atom. The van der Waals surface area contributed by atoms with E-state index in [4.69, 9.17) is 5.73 Å². The molecule has 1 aromatic carbocycles. The van der Waals surface area contributed by atoms with Gasteiger partial charge in [0, 0.05) is 12.6 Å². The molecule has 0 aliphatic rings. The van der Waals surface area contributed by atoms with Crippen LogP contribution in [0.5, 0.6) is 0 Å². The fourth-order valence-corrected chi connectivity index (χ4v) is 3.58. The molecule has 0 spiro atoms. The zero-order valence-corrected chi connectivity index (χ0v) is 17.4. The zero-order chi connectivity index (χ0) is 20.4. The SMILES string of the molecule is CC(C)[C@@H](Sc1nnc(-c2ccc(C(C)(C)C)cc2)n1C)C(=O)NC(N)=O. The Bertz CT molecular complexity index is 822. The molecule has 1 aromatic heterocycles. The smallest absolute Gasteiger partial charge is 0.318 e. The van der Waals surface area contributed by atoms with Gasteiger partial charge in [-0.05, 0) is 16.9 Å². The van der Waals surface area contributed by atoms with Crippen molar-refractivity contribution in [1.29, 1.82) is 0 Å². The molecule has 0 saturated heterocycles. The second-order valence-corrected chi connectivity index (χ2v) is 8.94. The number of nitrogens with two attached hydrogens (primary N) is 1. The van der Waals surface area contributed by atoms with Crippen LogP contribution in [0, 0.1) is 5.92 Å². The van der Waals surface area contributed by atoms with Crippen LogP contribution in [0.3, 0.4) is 0 Å². The first-order chi connectivity index (χ1) is 12.5. The van der Waals surface area contributed by atoms with Crippen molar-refractivity contribution in [2.45, 2.75) is 50.4 Å². The molecule has 0 fully saturated rings. The molecule has 146 valence electrons. The van der Waals surface area contributed by atoms with Crippen molar-refractivity contribution in [2.75, 3.05) is 0 Å². The van der Waals surface area contributed by atoms with Crippen molar-refractivity contribution in [3.63, 3.8) is 0 Å². The molecular formula is C19H27N5O2S. The van der Waals surface area contributed by atoms with E-state index in [1.807, 2.05) is 37.6 Å². The van der Waals surface area contributed by atoms with Crippen molar-refractivity contribution >= 4 is 23.7 Å². The number of nitrogens with one attached hydrogen (secondary N) is 1. The maximum Gasteiger partial charge on any atom is 0.318 e. The summed E-state index contributed by atoms with van der Waals surface area (Å²) in [5.41, 5.74) is 7.34. The van der Waals surface area contributed by atoms with Crippen molar-refractivity contribution in [3.05, 3.63) is 29.8 Å². The van der Waals surface area contributed by atoms with Crippen LogP contribution in [0.2, 0.25) is 0 Å². The Morgan fingerprint density at radius 3 is 2.22 bits per heavy atom. The number of hydrogen-bond donors (Lipinski definition) is 2. The summed E-state index contributed by atoms with van der Waals surface area (Å²) in [5.74, 6) is 0.276. The van der Waals surface area contributed by atoms with Crippen molar-refractivity contribution in [3.8, 4) is 11.4 Å². The lowest BCUT2D eigenvalue weighted by Gasteiger charge is -2.19. The molecule has 0 aliphatic heterocycles. The van der Waals surface area contributed by atoms with E-state index in [1.54, 1.807) is 0 Å². The van der Waals surface area contributed by atoms with Crippen molar-refractivity contribution < 1.29 is 9.59 Å². The minimum atomic E-state index is -0.858. The maximum atomic E-state index is 12.2. The second kappa shape index (κ2) is 8.12. The Kier molecular flexibility index (Phi) is 6.30. The molecule has 2 aromatic rings. The number of aromatic nitrogens is 3. The first-order valence-corrected chi connectivity index (χ1v) is 9.66. The van der Waals surface area contributed by atoms with Gasteiger partial charge in [-0.2, -0.15) is 0 Å². The lowest BCUT2D eigenvalue weighted by Crippen LogP contribution is -2.42. The third kappa shape index (κ3) is 5.09. The van der Waals surface area contributed by atoms with E-state index in [2.05, 4.69) is 48.4 Å². The summed E-state index contributed by atoms with van der Waals surface area (Å²) in [5, 5.41) is 10.7. The quantitative estimate of drug-likeness (QED) is 0.765. The van der Waals surface area contributed by atoms with Gasteiger partial charge in [-0.15, -0.1) is 10.2 Å². The Hall–Kier alpha value is -2.35. The van der Waals surface area contributed by atoms with Crippen LogP contribution in [0.1, 0.15) is 40.2 Å². The molecule has 3 amide bonds. The summed E-state index contributed by atoms with van der Waals surface area (Å²) < 4.78 is 1.85. The van der Waals surface area contributed by atoms with E-state index < -0.39 is 17.2 Å². The molecule has 0 radical (unpaired) electrons. The molecule has 1 atom stereocenters. The molecule has 27 heavy (non-hydrogen) atoms. The highest BCUT2D eigenvalue weighted by Gasteiger charge is 2.27. The van der Waals surface area contributed by atoms with E-state index in [1.165, 1.54) is 17.3 Å². The fraction of sp³-hybridized carbons (Fsp3) is 0.474. The highest BCUT2D eigenvalue weighted by molar-refractivity contribution is 8.00. The molecule has 1 heterocycles. The number of thioether (sulfide) groups is 1. The Morgan fingerprint density at radius 1 is 1.15 bits per heavy atom. The molecule has 0 bridgehead atoms. The van der Waals surface area contributed by atoms with Crippen LogP contribution in [0.15, 0.2) is 29.4 Å². The lowest BCUT2D eigenvalue weighted by atomic mass is 9.87. The number of carbonyl (C=O) groups is 2. The van der Waals surface area contributed by atoms with Gasteiger partial charge in [-0.25, -0.2) is 4.79 Å². The van der Waals surface area contributed by atoms with Gasteiger partial charge in [0.05, 0.1) is 5.25 Å². The number of hydrogen-bond acceptors (Lipinski definition) is 5. The summed E-state index contributed by atoms with van der Waals surface area (Å²) in [6.07, 6.45) is 0. The number of primary amides is 1. The number of urea groups is 1. The summed E-state index contributed by atoms with van der Waals surface area (Å²) >= 11 is 1.27. The number of nitrogens with zero attached hydrogens (tertiary/aromatic N) is 3. The lowest BCUT2D eigenvalue weighted by molar-refractivity contribution is -0.120. The minimum absolute atomic E-state index is 0.0134. The van der Waals surface area contributed by atoms with E-state index in [9.17, 15) is 9.59 Å². The highest BCUT2D eigenvalue weighted by atomic mass is 32.2. The number of imide groups is 1. The molecule has 7 nitrogen and oxygen atoms in total. The average molecular weight is 390 g/mol. The van der Waals surface area contributed by atoms with Crippen molar-refractivity contribution in [1.82, 2.24) is 20.1 Å². The van der Waals surface area contributed by atoms with Gasteiger partial charge in [-0.3, -0.25) is 10.1 Å². The molecule has 2 rings (SSSR count). The number of rotatable bonds is 5. The Labute approximate surface area is 164 Å². The highest BCUT2D eigenvalue weighted by Crippen LogP contribution is 2.30. The molecular weight excluding hydrogens is 362 g/mol. The molecule has 0 saturated carbocycles. The largest absolute Gasteiger partial charge is 0.351 e. The Balaban J connectivity index is 2.25. The average Bonchev–Trinajstić information content (AvgIpc) is 2.91. The van der Waals surface area contributed by atoms with E-state index in [0.29, 0.717) is 5.16 Å². The maximum absolute atomic E-state index is 12.2. The van der Waals surface area contributed by atoms with Gasteiger partial charge in [-0.1, -0.05) is 70.6 Å². The van der Waals surface area contributed by atoms with Crippen molar-refractivity contribution in [2.24, 2.45) is 18.7 Å². The predicted octanol–water partition coefficient (Wildman–Crippen LogP) is 3.09. The van der Waals surface area contributed by atoms with Crippen LogP contribution in [-0.4, -0.2) is 32.0 Å². The van der Waals surface area contributed by atoms with Crippen LogP contribution >= 0.6 is 11.8 Å². The predicted molar refractivity (Wildman–Crippen MR) is 107 cm³/mol. The molecule has 3 N–H and O–H groups in total. The van der Waals surface area contributed by atoms with E-state index >= 15 is 0 Å². The number of amides is 3. The first kappa shape index (κ1) is 21.0. The van der Waals surface area contributed by atoms with Gasteiger partial charge in [0.25, 0.3) is 0 Å². The van der Waals surface area contributed by atoms with Gasteiger partial charge in [0.2, 0.25) is 5.91 Å². The van der Waals surface area contributed by atoms with Crippen LogP contribution in [0.4, 0.5) is 4.79 Å². The fourth-order valence-electron chi connectivity index (χ4n) is 2.59. The molecule has 0 aliphatic carbocycles. The van der Waals surface area contributed by atoms with Gasteiger partial charge >= 0.3 is 6.03 Å². The van der Waals surface area contributed by atoms with Gasteiger partial charge in [0.15, 0.2) is 11.0 Å². The standard InChI is InChI=1S/C19H27N5O2S/c1-11(2)14(16(25)21-17(20)26)27-18-23-22-15(24(18)6)12-7-9-13(10-8-12)19(3,4)5/h7-11,14H,1-6H3,(H3,20,21,25,26)/t14-/m1/s1. The normalized spacial score (nSPS) is 12.9. The molecule has 0 unspecified atom stereocenters. The minimum Gasteiger partial charge on any atom is -0.351 e. The third-order valence-corrected chi connectivity index (χ3v) is 5.77. The van der Waals surface area contributed by atoms with Gasteiger partial charge < -0.3 is 10.3 Å². The summed E-state index contributed by atoms with van der Waals surface area (Å²) in [6, 6.07) is 7.38. The number of carbonyl (C=O) groups excluding carboxylic acids is 2. The zero-order valence-electron chi connectivity index (χ0n) is 16.6. The monoisotopic (exact) mass is 389 g/mol. The van der Waals surface area contributed by atoms with E-state index in [-0.39, 0.29) is 11.3 Å². The van der Waals surface area contributed by atoms with Crippen LogP contribution in [0.25, 0.3) is 11.4 Å². The topological polar surface area (TPSA) is 103 Å². The van der Waals surface area contributed by atoms with Crippen LogP contribution < -0.4 is 11.1 Å².